The fraction of sp³-hybridized carbons (Fsp3) is 0.357. The van der Waals surface area contributed by atoms with Gasteiger partial charge in [0.2, 0.25) is 5.88 Å². The van der Waals surface area contributed by atoms with E-state index in [-0.39, 0.29) is 5.88 Å². The highest BCUT2D eigenvalue weighted by atomic mass is 16.3. The summed E-state index contributed by atoms with van der Waals surface area (Å²) in [5, 5.41) is 14.3. The molecule has 2 rings (SSSR count). The average Bonchev–Trinajstić information content (AvgIpc) is 2.69. The molecule has 3 nitrogen and oxygen atoms in total. The minimum atomic E-state index is 0.208. The van der Waals surface area contributed by atoms with E-state index in [0.717, 1.165) is 30.6 Å². The van der Waals surface area contributed by atoms with Gasteiger partial charge in [-0.1, -0.05) is 31.0 Å². The van der Waals surface area contributed by atoms with Crippen molar-refractivity contribution in [2.45, 2.75) is 33.1 Å². The Kier molecular flexibility index (Phi) is 3.47. The lowest BCUT2D eigenvalue weighted by atomic mass is 10.2. The third-order valence-electron chi connectivity index (χ3n) is 2.81. The highest BCUT2D eigenvalue weighted by Crippen LogP contribution is 2.19. The average molecular weight is 230 g/mol. The van der Waals surface area contributed by atoms with E-state index in [1.807, 2.05) is 31.2 Å². The maximum absolute atomic E-state index is 9.85. The van der Waals surface area contributed by atoms with Crippen molar-refractivity contribution in [2.75, 3.05) is 0 Å². The summed E-state index contributed by atoms with van der Waals surface area (Å²) in [5.41, 5.74) is 3.05. The van der Waals surface area contributed by atoms with Gasteiger partial charge < -0.3 is 5.11 Å². The van der Waals surface area contributed by atoms with E-state index in [0.29, 0.717) is 0 Å². The Bertz CT molecular complexity index is 485. The van der Waals surface area contributed by atoms with Gasteiger partial charge in [-0.25, -0.2) is 4.68 Å². The Balaban J connectivity index is 2.26. The number of aromatic hydroxyl groups is 1. The van der Waals surface area contributed by atoms with Crippen LogP contribution in [0.2, 0.25) is 0 Å². The minimum Gasteiger partial charge on any atom is -0.493 e. The summed E-state index contributed by atoms with van der Waals surface area (Å²) in [6.07, 6.45) is 3.16. The first-order chi connectivity index (χ1) is 8.20. The number of hydrogen-bond acceptors (Lipinski definition) is 2. The third kappa shape index (κ3) is 2.67. The monoisotopic (exact) mass is 230 g/mol. The molecule has 90 valence electrons. The van der Waals surface area contributed by atoms with Gasteiger partial charge in [0.25, 0.3) is 0 Å². The molecule has 0 radical (unpaired) electrons. The Labute approximate surface area is 102 Å². The number of aromatic nitrogens is 2. The fourth-order valence-corrected chi connectivity index (χ4v) is 1.77. The van der Waals surface area contributed by atoms with Crippen LogP contribution in [-0.2, 0) is 6.42 Å². The smallest absolute Gasteiger partial charge is 0.214 e. The van der Waals surface area contributed by atoms with Crippen LogP contribution in [0.3, 0.4) is 0 Å². The molecule has 1 aromatic carbocycles. The zero-order valence-corrected chi connectivity index (χ0v) is 10.3. The molecular weight excluding hydrogens is 212 g/mol. The molecular formula is C14H18N2O. The normalized spacial score (nSPS) is 10.7. The number of nitrogens with zero attached hydrogens (tertiary/aromatic N) is 2. The molecule has 0 spiro atoms. The second-order valence-corrected chi connectivity index (χ2v) is 4.34. The summed E-state index contributed by atoms with van der Waals surface area (Å²) in [6.45, 7) is 4.19. The molecule has 17 heavy (non-hydrogen) atoms. The van der Waals surface area contributed by atoms with Crippen molar-refractivity contribution >= 4 is 0 Å². The van der Waals surface area contributed by atoms with Crippen LogP contribution in [0.4, 0.5) is 0 Å². The SMILES string of the molecule is CCCCc1cc(O)n(-c2ccc(C)cc2)n1. The van der Waals surface area contributed by atoms with Crippen molar-refractivity contribution in [1.82, 2.24) is 9.78 Å². The van der Waals surface area contributed by atoms with Crippen LogP contribution >= 0.6 is 0 Å². The van der Waals surface area contributed by atoms with E-state index >= 15 is 0 Å². The third-order valence-corrected chi connectivity index (χ3v) is 2.81. The van der Waals surface area contributed by atoms with E-state index < -0.39 is 0 Å². The molecule has 2 aromatic rings. The maximum Gasteiger partial charge on any atom is 0.214 e. The summed E-state index contributed by atoms with van der Waals surface area (Å²) < 4.78 is 1.59. The number of rotatable bonds is 4. The van der Waals surface area contributed by atoms with Crippen molar-refractivity contribution in [2.24, 2.45) is 0 Å². The van der Waals surface area contributed by atoms with E-state index in [1.54, 1.807) is 10.7 Å². The van der Waals surface area contributed by atoms with Crippen LogP contribution < -0.4 is 0 Å². The van der Waals surface area contributed by atoms with Crippen molar-refractivity contribution in [1.29, 1.82) is 0 Å². The molecule has 0 bridgehead atoms. The standard InChI is InChI=1S/C14H18N2O/c1-3-4-5-12-10-14(17)16(15-12)13-8-6-11(2)7-9-13/h6-10,17H,3-5H2,1-2H3. The van der Waals surface area contributed by atoms with Gasteiger partial charge in [-0.3, -0.25) is 0 Å². The summed E-state index contributed by atoms with van der Waals surface area (Å²) >= 11 is 0. The second-order valence-electron chi connectivity index (χ2n) is 4.34. The van der Waals surface area contributed by atoms with Gasteiger partial charge in [-0.15, -0.1) is 0 Å². The van der Waals surface area contributed by atoms with Crippen LogP contribution in [0, 0.1) is 6.92 Å². The number of unbranched alkanes of at least 4 members (excludes halogenated alkanes) is 1. The van der Waals surface area contributed by atoms with Gasteiger partial charge in [-0.05, 0) is 31.9 Å². The lowest BCUT2D eigenvalue weighted by Crippen LogP contribution is -1.97. The second kappa shape index (κ2) is 5.04. The molecule has 0 unspecified atom stereocenters. The van der Waals surface area contributed by atoms with Gasteiger partial charge in [-0.2, -0.15) is 5.10 Å². The first-order valence-electron chi connectivity index (χ1n) is 6.05. The van der Waals surface area contributed by atoms with Gasteiger partial charge in [0.05, 0.1) is 11.4 Å². The van der Waals surface area contributed by atoms with Crippen LogP contribution in [-0.4, -0.2) is 14.9 Å². The molecule has 0 atom stereocenters. The maximum atomic E-state index is 9.85. The predicted octanol–water partition coefficient (Wildman–Crippen LogP) is 3.23. The van der Waals surface area contributed by atoms with E-state index in [9.17, 15) is 5.11 Å². The molecule has 0 aliphatic rings. The van der Waals surface area contributed by atoms with Gasteiger partial charge >= 0.3 is 0 Å². The summed E-state index contributed by atoms with van der Waals surface area (Å²) in [4.78, 5) is 0. The molecule has 1 heterocycles. The topological polar surface area (TPSA) is 38.0 Å². The lowest BCUT2D eigenvalue weighted by Gasteiger charge is -2.02. The quantitative estimate of drug-likeness (QED) is 0.875. The first kappa shape index (κ1) is 11.7. The van der Waals surface area contributed by atoms with Crippen LogP contribution in [0.15, 0.2) is 30.3 Å². The van der Waals surface area contributed by atoms with E-state index in [4.69, 9.17) is 0 Å². The number of benzene rings is 1. The predicted molar refractivity (Wildman–Crippen MR) is 68.6 cm³/mol. The molecule has 3 heteroatoms. The summed E-state index contributed by atoms with van der Waals surface area (Å²) in [5.74, 6) is 0.208. The van der Waals surface area contributed by atoms with E-state index in [1.165, 1.54) is 5.56 Å². The molecule has 1 N–H and O–H groups in total. The number of aryl methyl sites for hydroxylation is 2. The van der Waals surface area contributed by atoms with Crippen LogP contribution in [0.25, 0.3) is 5.69 Å². The highest BCUT2D eigenvalue weighted by Gasteiger charge is 2.07. The first-order valence-corrected chi connectivity index (χ1v) is 6.05. The Morgan fingerprint density at radius 2 is 1.94 bits per heavy atom. The fourth-order valence-electron chi connectivity index (χ4n) is 1.77. The number of hydrogen-bond donors (Lipinski definition) is 1. The molecule has 0 amide bonds. The largest absolute Gasteiger partial charge is 0.493 e. The van der Waals surface area contributed by atoms with Crippen molar-refractivity contribution in [3.05, 3.63) is 41.6 Å². The summed E-state index contributed by atoms with van der Waals surface area (Å²) in [6, 6.07) is 9.71. The van der Waals surface area contributed by atoms with Crippen molar-refractivity contribution < 1.29 is 5.11 Å². The van der Waals surface area contributed by atoms with Crippen molar-refractivity contribution in [3.8, 4) is 11.6 Å². The highest BCUT2D eigenvalue weighted by molar-refractivity contribution is 5.37. The zero-order chi connectivity index (χ0) is 12.3. The Hall–Kier alpha value is -1.77. The van der Waals surface area contributed by atoms with Crippen LogP contribution in [0.5, 0.6) is 5.88 Å². The minimum absolute atomic E-state index is 0.208. The Morgan fingerprint density at radius 3 is 2.59 bits per heavy atom. The van der Waals surface area contributed by atoms with Crippen LogP contribution in [0.1, 0.15) is 31.0 Å². The molecule has 0 aliphatic heterocycles. The summed E-state index contributed by atoms with van der Waals surface area (Å²) in [7, 11) is 0. The molecule has 0 aliphatic carbocycles. The lowest BCUT2D eigenvalue weighted by molar-refractivity contribution is 0.433. The van der Waals surface area contributed by atoms with Gasteiger partial charge in [0.15, 0.2) is 0 Å². The zero-order valence-electron chi connectivity index (χ0n) is 10.3. The molecule has 1 aromatic heterocycles. The molecule has 0 saturated heterocycles. The van der Waals surface area contributed by atoms with Gasteiger partial charge in [0, 0.05) is 6.07 Å². The molecule has 0 fully saturated rings. The molecule has 0 saturated carbocycles. The van der Waals surface area contributed by atoms with Crippen molar-refractivity contribution in [3.63, 3.8) is 0 Å². The van der Waals surface area contributed by atoms with Gasteiger partial charge in [0.1, 0.15) is 0 Å². The Morgan fingerprint density at radius 1 is 1.24 bits per heavy atom. The van der Waals surface area contributed by atoms with E-state index in [2.05, 4.69) is 12.0 Å².